The summed E-state index contributed by atoms with van der Waals surface area (Å²) in [7, 11) is 0. The number of para-hydroxylation sites is 1. The van der Waals surface area contributed by atoms with E-state index in [0.717, 1.165) is 59.6 Å². The molecule has 0 bridgehead atoms. The summed E-state index contributed by atoms with van der Waals surface area (Å²) < 4.78 is 0. The maximum absolute atomic E-state index is 11.7. The molecule has 2 heterocycles. The first-order chi connectivity index (χ1) is 18.5. The Morgan fingerprint density at radius 1 is 0.974 bits per heavy atom. The van der Waals surface area contributed by atoms with Crippen molar-refractivity contribution in [2.45, 2.75) is 13.3 Å². The van der Waals surface area contributed by atoms with E-state index >= 15 is 0 Å². The highest BCUT2D eigenvalue weighted by Gasteiger charge is 2.19. The molecule has 38 heavy (non-hydrogen) atoms. The number of fused-ring (bicyclic) bond motifs is 1. The van der Waals surface area contributed by atoms with Crippen LogP contribution in [-0.4, -0.2) is 52.9 Å². The van der Waals surface area contributed by atoms with Crippen molar-refractivity contribution in [1.29, 1.82) is 5.26 Å². The van der Waals surface area contributed by atoms with Crippen LogP contribution in [0.2, 0.25) is 0 Å². The van der Waals surface area contributed by atoms with Gasteiger partial charge in [-0.2, -0.15) is 5.26 Å². The lowest BCUT2D eigenvalue weighted by Gasteiger charge is -2.35. The number of rotatable bonds is 6. The highest BCUT2D eigenvalue weighted by atomic mass is 16.2. The minimum absolute atomic E-state index is 0.117. The zero-order chi connectivity index (χ0) is 26.5. The minimum Gasteiger partial charge on any atom is -0.368 e. The number of aromatic nitrogens is 2. The van der Waals surface area contributed by atoms with Gasteiger partial charge in [0.25, 0.3) is 0 Å². The number of nitrogens with one attached hydrogen (secondary N) is 2. The fraction of sp³-hybridized carbons (Fsp3) is 0.207. The molecule has 190 valence electrons. The molecule has 0 aliphatic carbocycles. The average molecular weight is 506 g/mol. The summed E-state index contributed by atoms with van der Waals surface area (Å²) in [4.78, 5) is 36.8. The summed E-state index contributed by atoms with van der Waals surface area (Å²) in [6.45, 7) is 4.63. The lowest BCUT2D eigenvalue weighted by atomic mass is 10.0. The van der Waals surface area contributed by atoms with Crippen LogP contribution in [0.15, 0.2) is 72.9 Å². The minimum atomic E-state index is -0.337. The quantitative estimate of drug-likeness (QED) is 0.395. The van der Waals surface area contributed by atoms with Gasteiger partial charge in [-0.1, -0.05) is 36.4 Å². The van der Waals surface area contributed by atoms with E-state index in [4.69, 9.17) is 10.2 Å². The van der Waals surface area contributed by atoms with Crippen molar-refractivity contribution in [1.82, 2.24) is 14.9 Å². The zero-order valence-electron chi connectivity index (χ0n) is 21.0. The van der Waals surface area contributed by atoms with Crippen molar-refractivity contribution in [2.75, 3.05) is 41.7 Å². The topological polar surface area (TPSA) is 114 Å². The Morgan fingerprint density at radius 3 is 2.47 bits per heavy atom. The van der Waals surface area contributed by atoms with Crippen LogP contribution < -0.4 is 15.5 Å². The van der Waals surface area contributed by atoms with Gasteiger partial charge < -0.3 is 20.4 Å². The van der Waals surface area contributed by atoms with E-state index in [1.165, 1.54) is 0 Å². The van der Waals surface area contributed by atoms with Gasteiger partial charge >= 0.3 is 0 Å². The Hall–Kier alpha value is -4.97. The molecule has 2 amide bonds. The van der Waals surface area contributed by atoms with E-state index in [2.05, 4.69) is 32.7 Å². The van der Waals surface area contributed by atoms with Crippen LogP contribution in [0, 0.1) is 11.3 Å². The average Bonchev–Trinajstić information content (AvgIpc) is 2.93. The molecule has 1 aliphatic heterocycles. The number of piperazine rings is 1. The number of carbonyl (C=O) groups is 2. The normalized spacial score (nSPS) is 13.2. The second kappa shape index (κ2) is 11.0. The molecule has 4 aromatic rings. The molecule has 0 spiro atoms. The zero-order valence-corrected chi connectivity index (χ0v) is 21.0. The maximum Gasteiger partial charge on any atom is 0.238 e. The van der Waals surface area contributed by atoms with Gasteiger partial charge in [0.15, 0.2) is 0 Å². The number of hydrogen-bond acceptors (Lipinski definition) is 7. The third-order valence-electron chi connectivity index (χ3n) is 6.52. The number of carbonyl (C=O) groups excluding carboxylic acids is 2. The van der Waals surface area contributed by atoms with E-state index in [9.17, 15) is 9.59 Å². The summed E-state index contributed by atoms with van der Waals surface area (Å²) in [6.07, 6.45) is 1.62. The van der Waals surface area contributed by atoms with Crippen molar-refractivity contribution in [3.05, 3.63) is 72.9 Å². The molecule has 0 unspecified atom stereocenters. The Labute approximate surface area is 220 Å². The largest absolute Gasteiger partial charge is 0.368 e. The number of amides is 2. The van der Waals surface area contributed by atoms with Crippen molar-refractivity contribution < 1.29 is 9.59 Å². The summed E-state index contributed by atoms with van der Waals surface area (Å²) in [6, 6.07) is 23.4. The molecule has 1 fully saturated rings. The Morgan fingerprint density at radius 2 is 1.74 bits per heavy atom. The third-order valence-corrected chi connectivity index (χ3v) is 6.52. The van der Waals surface area contributed by atoms with Crippen LogP contribution in [0.3, 0.4) is 0 Å². The molecule has 0 saturated carbocycles. The molecule has 1 saturated heterocycles. The second-order valence-electron chi connectivity index (χ2n) is 9.07. The molecular weight excluding hydrogens is 478 g/mol. The van der Waals surface area contributed by atoms with Crippen LogP contribution in [0.25, 0.3) is 22.0 Å². The van der Waals surface area contributed by atoms with Gasteiger partial charge in [-0.15, -0.1) is 0 Å². The number of nitriles is 1. The van der Waals surface area contributed by atoms with E-state index in [1.54, 1.807) is 13.1 Å². The summed E-state index contributed by atoms with van der Waals surface area (Å²) >= 11 is 0. The number of anilines is 4. The van der Waals surface area contributed by atoms with E-state index in [-0.39, 0.29) is 18.2 Å². The highest BCUT2D eigenvalue weighted by molar-refractivity contribution is 5.95. The van der Waals surface area contributed by atoms with E-state index in [1.807, 2.05) is 65.6 Å². The van der Waals surface area contributed by atoms with Gasteiger partial charge in [0, 0.05) is 67.3 Å². The standard InChI is InChI=1S/C29H27N7O2/c1-20(37)35-14-16-36(17-15-35)25-6-3-5-24(18-25)33-29-31-19-22-4-2-7-26(28(22)34-29)21-8-10-23(11-9-21)32-27(38)12-13-30/h2-11,18-19H,12,14-17H2,1H3,(H,32,38)(H,31,33,34). The third kappa shape index (κ3) is 5.55. The molecular formula is C29H27N7O2. The van der Waals surface area contributed by atoms with Gasteiger partial charge in [-0.25, -0.2) is 9.97 Å². The monoisotopic (exact) mass is 505 g/mol. The smallest absolute Gasteiger partial charge is 0.238 e. The maximum atomic E-state index is 11.7. The molecule has 3 aromatic carbocycles. The van der Waals surface area contributed by atoms with Gasteiger partial charge in [0.1, 0.15) is 6.42 Å². The predicted molar refractivity (Wildman–Crippen MR) is 148 cm³/mol. The fourth-order valence-corrected chi connectivity index (χ4v) is 4.55. The molecule has 9 nitrogen and oxygen atoms in total. The first-order valence-corrected chi connectivity index (χ1v) is 12.4. The van der Waals surface area contributed by atoms with Gasteiger partial charge in [-0.05, 0) is 35.9 Å². The number of nitrogens with zero attached hydrogens (tertiary/aromatic N) is 5. The predicted octanol–water partition coefficient (Wildman–Crippen LogP) is 4.56. The molecule has 1 aliphatic rings. The summed E-state index contributed by atoms with van der Waals surface area (Å²) in [5, 5.41) is 15.6. The molecule has 0 atom stereocenters. The van der Waals surface area contributed by atoms with Crippen LogP contribution in [0.1, 0.15) is 13.3 Å². The van der Waals surface area contributed by atoms with Crippen molar-refractivity contribution in [3.8, 4) is 17.2 Å². The SMILES string of the molecule is CC(=O)N1CCN(c2cccc(Nc3ncc4cccc(-c5ccc(NC(=O)CC#N)cc5)c4n3)c2)CC1. The van der Waals surface area contributed by atoms with Crippen LogP contribution in [0.5, 0.6) is 0 Å². The number of benzene rings is 3. The Balaban J connectivity index is 1.35. The lowest BCUT2D eigenvalue weighted by molar-refractivity contribution is -0.129. The first kappa shape index (κ1) is 24.7. The second-order valence-corrected chi connectivity index (χ2v) is 9.07. The van der Waals surface area contributed by atoms with Crippen molar-refractivity contribution in [2.24, 2.45) is 0 Å². The van der Waals surface area contributed by atoms with E-state index in [0.29, 0.717) is 11.6 Å². The van der Waals surface area contributed by atoms with E-state index < -0.39 is 0 Å². The molecule has 0 radical (unpaired) electrons. The number of hydrogen-bond donors (Lipinski definition) is 2. The Bertz CT molecular complexity index is 1520. The molecule has 5 rings (SSSR count). The first-order valence-electron chi connectivity index (χ1n) is 12.4. The lowest BCUT2D eigenvalue weighted by Crippen LogP contribution is -2.48. The fourth-order valence-electron chi connectivity index (χ4n) is 4.55. The van der Waals surface area contributed by atoms with Crippen LogP contribution in [-0.2, 0) is 9.59 Å². The molecule has 1 aromatic heterocycles. The molecule has 9 heteroatoms. The molecule has 2 N–H and O–H groups in total. The highest BCUT2D eigenvalue weighted by Crippen LogP contribution is 2.30. The summed E-state index contributed by atoms with van der Waals surface area (Å²) in [5.74, 6) is 0.270. The Kier molecular flexibility index (Phi) is 7.13. The van der Waals surface area contributed by atoms with Gasteiger partial charge in [0.2, 0.25) is 17.8 Å². The van der Waals surface area contributed by atoms with Gasteiger partial charge in [-0.3, -0.25) is 9.59 Å². The van der Waals surface area contributed by atoms with Crippen LogP contribution in [0.4, 0.5) is 23.0 Å². The van der Waals surface area contributed by atoms with Crippen molar-refractivity contribution >= 4 is 45.7 Å². The summed E-state index contributed by atoms with van der Waals surface area (Å²) in [5.41, 5.74) is 5.30. The van der Waals surface area contributed by atoms with Crippen LogP contribution >= 0.6 is 0 Å². The van der Waals surface area contributed by atoms with Gasteiger partial charge in [0.05, 0.1) is 11.6 Å². The van der Waals surface area contributed by atoms with Crippen molar-refractivity contribution in [3.63, 3.8) is 0 Å².